The van der Waals surface area contributed by atoms with E-state index in [0.29, 0.717) is 17.9 Å². The quantitative estimate of drug-likeness (QED) is 0.547. The number of quaternary nitrogens is 1. The molecular weight excluding hydrogens is 154 g/mol. The molecule has 1 saturated heterocycles. The van der Waals surface area contributed by atoms with Gasteiger partial charge in [-0.1, -0.05) is 0 Å². The van der Waals surface area contributed by atoms with Gasteiger partial charge in [-0.15, -0.1) is 0 Å². The lowest BCUT2D eigenvalue weighted by molar-refractivity contribution is -1.16. The number of carbonyl (C=O) groups is 1. The van der Waals surface area contributed by atoms with Crippen molar-refractivity contribution in [2.75, 3.05) is 0 Å². The highest BCUT2D eigenvalue weighted by Gasteiger charge is 2.49. The number of piperidine rings is 1. The molecule has 1 heterocycles. The molecule has 0 radical (unpaired) electrons. The van der Waals surface area contributed by atoms with Crippen LogP contribution in [-0.4, -0.2) is 22.1 Å². The number of carbonyl (C=O) groups excluding carboxylic acids is 1. The van der Waals surface area contributed by atoms with Gasteiger partial charge in [-0.05, 0) is 27.7 Å². The van der Waals surface area contributed by atoms with E-state index in [1.54, 1.807) is 0 Å². The number of Topliss-reactive ketones (excluding diaryl/α,β-unsaturated/α-hetero) is 1. The van der Waals surface area contributed by atoms with Crippen LogP contribution in [-0.2, 0) is 4.79 Å². The molecule has 2 N–H and O–H groups in total. The van der Waals surface area contributed by atoms with Crippen molar-refractivity contribution in [3.63, 3.8) is 0 Å². The van der Waals surface area contributed by atoms with Crippen molar-refractivity contribution in [3.8, 4) is 0 Å². The van der Waals surface area contributed by atoms with Crippen molar-refractivity contribution in [1.29, 1.82) is 0 Å². The average Bonchev–Trinajstić information content (AvgIpc) is 1.80. The molecule has 1 fully saturated rings. The first kappa shape index (κ1) is 9.68. The van der Waals surface area contributed by atoms with Gasteiger partial charge in [-0.3, -0.25) is 4.79 Å². The Bertz CT molecular complexity index is 189. The minimum atomic E-state index is -0.334. The molecule has 0 unspecified atom stereocenters. The summed E-state index contributed by atoms with van der Waals surface area (Å²) in [5.74, 6) is 0.253. The number of nitrogens with one attached hydrogen (secondary N) is 1. The van der Waals surface area contributed by atoms with Crippen molar-refractivity contribution in [2.24, 2.45) is 0 Å². The van der Waals surface area contributed by atoms with Crippen molar-refractivity contribution in [1.82, 2.24) is 0 Å². The van der Waals surface area contributed by atoms with Gasteiger partial charge in [-0.25, -0.2) is 5.21 Å². The Kier molecular flexibility index (Phi) is 2.05. The van der Waals surface area contributed by atoms with E-state index in [4.69, 9.17) is 0 Å². The monoisotopic (exact) mass is 172 g/mol. The minimum Gasteiger partial charge on any atom is -0.299 e. The molecule has 0 amide bonds. The summed E-state index contributed by atoms with van der Waals surface area (Å²) in [6.45, 7) is 7.67. The Morgan fingerprint density at radius 3 is 1.83 bits per heavy atom. The predicted molar refractivity (Wildman–Crippen MR) is 45.1 cm³/mol. The van der Waals surface area contributed by atoms with E-state index in [2.05, 4.69) is 0 Å². The first-order valence-electron chi connectivity index (χ1n) is 4.34. The van der Waals surface area contributed by atoms with Crippen LogP contribution in [0.2, 0.25) is 0 Å². The van der Waals surface area contributed by atoms with E-state index in [-0.39, 0.29) is 16.9 Å². The summed E-state index contributed by atoms with van der Waals surface area (Å²) in [5.41, 5.74) is -0.669. The fraction of sp³-hybridized carbons (Fsp3) is 0.889. The van der Waals surface area contributed by atoms with Gasteiger partial charge in [0.25, 0.3) is 0 Å². The number of rotatable bonds is 0. The Balaban J connectivity index is 2.91. The van der Waals surface area contributed by atoms with Gasteiger partial charge in [0.1, 0.15) is 16.9 Å². The summed E-state index contributed by atoms with van der Waals surface area (Å²) in [7, 11) is 0. The van der Waals surface area contributed by atoms with E-state index in [1.165, 1.54) is 0 Å². The van der Waals surface area contributed by atoms with Gasteiger partial charge in [0, 0.05) is 0 Å². The van der Waals surface area contributed by atoms with Crippen LogP contribution in [0.15, 0.2) is 0 Å². The molecule has 0 aromatic rings. The molecule has 0 atom stereocenters. The Labute approximate surface area is 73.3 Å². The number of hydrogen-bond acceptors (Lipinski definition) is 2. The predicted octanol–water partition coefficient (Wildman–Crippen LogP) is 0.181. The standard InChI is InChI=1S/C9H17NO2/c1-8(2)5-7(11)6-9(3,4)10(8)12/h12H,5-6H2,1-4H3/p+1. The molecule has 3 nitrogen and oxygen atoms in total. The van der Waals surface area contributed by atoms with E-state index < -0.39 is 0 Å². The van der Waals surface area contributed by atoms with E-state index in [9.17, 15) is 10.0 Å². The molecule has 3 heteroatoms. The van der Waals surface area contributed by atoms with Gasteiger partial charge in [-0.2, -0.15) is 5.06 Å². The van der Waals surface area contributed by atoms with Crippen molar-refractivity contribution in [2.45, 2.75) is 51.6 Å². The number of hydroxylamine groups is 2. The maximum Gasteiger partial charge on any atom is 0.145 e. The topological polar surface area (TPSA) is 41.7 Å². The van der Waals surface area contributed by atoms with Crippen LogP contribution in [0.25, 0.3) is 0 Å². The van der Waals surface area contributed by atoms with Gasteiger partial charge >= 0.3 is 0 Å². The van der Waals surface area contributed by atoms with E-state index in [0.717, 1.165) is 0 Å². The van der Waals surface area contributed by atoms with E-state index >= 15 is 0 Å². The SMILES string of the molecule is CC1(C)CC(=O)CC(C)(C)[NH+]1O. The molecule has 0 aromatic carbocycles. The average molecular weight is 172 g/mol. The second-order valence-electron chi connectivity index (χ2n) is 5.01. The molecule has 70 valence electrons. The molecule has 0 aliphatic carbocycles. The highest BCUT2D eigenvalue weighted by molar-refractivity contribution is 5.80. The molecule has 0 bridgehead atoms. The van der Waals surface area contributed by atoms with Gasteiger partial charge < -0.3 is 0 Å². The van der Waals surface area contributed by atoms with Crippen molar-refractivity contribution < 1.29 is 15.1 Å². The van der Waals surface area contributed by atoms with Gasteiger partial charge in [0.05, 0.1) is 12.8 Å². The first-order valence-corrected chi connectivity index (χ1v) is 4.34. The number of hydrogen-bond donors (Lipinski definition) is 2. The lowest BCUT2D eigenvalue weighted by Gasteiger charge is -2.42. The highest BCUT2D eigenvalue weighted by atomic mass is 16.5. The number of ketones is 1. The molecule has 12 heavy (non-hydrogen) atoms. The van der Waals surface area contributed by atoms with Crippen LogP contribution in [0.5, 0.6) is 0 Å². The Hall–Kier alpha value is -0.410. The Morgan fingerprint density at radius 1 is 1.17 bits per heavy atom. The van der Waals surface area contributed by atoms with Crippen LogP contribution in [0.1, 0.15) is 40.5 Å². The van der Waals surface area contributed by atoms with Crippen LogP contribution in [0.4, 0.5) is 0 Å². The maximum absolute atomic E-state index is 11.3. The lowest BCUT2D eigenvalue weighted by atomic mass is 9.81. The third-order valence-corrected chi connectivity index (χ3v) is 2.56. The minimum absolute atomic E-state index is 0.253. The summed E-state index contributed by atoms with van der Waals surface area (Å²) in [6, 6.07) is 0. The summed E-state index contributed by atoms with van der Waals surface area (Å²) in [5, 5.41) is 10.3. The van der Waals surface area contributed by atoms with Gasteiger partial charge in [0.2, 0.25) is 0 Å². The normalized spacial score (nSPS) is 28.9. The zero-order valence-electron chi connectivity index (χ0n) is 8.27. The molecule has 1 rings (SSSR count). The molecule has 0 spiro atoms. The zero-order chi connectivity index (χ0) is 9.57. The lowest BCUT2D eigenvalue weighted by Crippen LogP contribution is -3.25. The van der Waals surface area contributed by atoms with Crippen LogP contribution in [0.3, 0.4) is 0 Å². The smallest absolute Gasteiger partial charge is 0.145 e. The fourth-order valence-corrected chi connectivity index (χ4v) is 2.13. The third kappa shape index (κ3) is 1.52. The molecule has 0 saturated carbocycles. The van der Waals surface area contributed by atoms with Crippen molar-refractivity contribution >= 4 is 5.78 Å². The first-order chi connectivity index (χ1) is 5.26. The van der Waals surface area contributed by atoms with Crippen molar-refractivity contribution in [3.05, 3.63) is 0 Å². The highest BCUT2D eigenvalue weighted by Crippen LogP contribution is 2.19. The second-order valence-corrected chi connectivity index (χ2v) is 5.01. The molecular formula is C9H18NO2+. The summed E-state index contributed by atoms with van der Waals surface area (Å²) >= 11 is 0. The largest absolute Gasteiger partial charge is 0.299 e. The van der Waals surface area contributed by atoms with Crippen LogP contribution < -0.4 is 5.06 Å². The summed E-state index contributed by atoms with van der Waals surface area (Å²) < 4.78 is 0. The fourth-order valence-electron chi connectivity index (χ4n) is 2.13. The molecule has 0 aromatic heterocycles. The molecule has 1 aliphatic heterocycles. The Morgan fingerprint density at radius 2 is 1.50 bits per heavy atom. The second kappa shape index (κ2) is 2.54. The summed E-state index contributed by atoms with van der Waals surface area (Å²) in [4.78, 5) is 11.3. The van der Waals surface area contributed by atoms with Gasteiger partial charge in [0.15, 0.2) is 0 Å². The third-order valence-electron chi connectivity index (χ3n) is 2.56. The maximum atomic E-state index is 11.3. The summed E-state index contributed by atoms with van der Waals surface area (Å²) in [6.07, 6.45) is 0.949. The molecule has 1 aliphatic rings. The zero-order valence-corrected chi connectivity index (χ0v) is 8.27. The van der Waals surface area contributed by atoms with Crippen LogP contribution >= 0.6 is 0 Å². The van der Waals surface area contributed by atoms with E-state index in [1.807, 2.05) is 27.7 Å². The van der Waals surface area contributed by atoms with Crippen LogP contribution in [0, 0.1) is 0 Å².